The third-order valence-electron chi connectivity index (χ3n) is 3.27. The largest absolute Gasteiger partial charge is 0.397 e. The van der Waals surface area contributed by atoms with Crippen molar-refractivity contribution >= 4 is 22.3 Å². The van der Waals surface area contributed by atoms with E-state index < -0.39 is 0 Å². The molecular formula is C15H21N3O. The minimum absolute atomic E-state index is 0.203. The summed E-state index contributed by atoms with van der Waals surface area (Å²) in [5, 5.41) is 10.1. The van der Waals surface area contributed by atoms with Crippen LogP contribution in [0.3, 0.4) is 0 Å². The molecule has 0 saturated carbocycles. The van der Waals surface area contributed by atoms with E-state index in [0.29, 0.717) is 11.7 Å². The fourth-order valence-electron chi connectivity index (χ4n) is 2.33. The average molecular weight is 259 g/mol. The number of benzene rings is 1. The predicted molar refractivity (Wildman–Crippen MR) is 80.3 cm³/mol. The number of para-hydroxylation sites is 1. The van der Waals surface area contributed by atoms with Gasteiger partial charge in [-0.05, 0) is 32.4 Å². The number of nitrogens with two attached hydrogens (primary N) is 1. The van der Waals surface area contributed by atoms with Crippen molar-refractivity contribution in [2.75, 3.05) is 23.8 Å². The van der Waals surface area contributed by atoms with Crippen LogP contribution in [0, 0.1) is 0 Å². The number of aliphatic hydroxyl groups is 1. The summed E-state index contributed by atoms with van der Waals surface area (Å²) in [6, 6.07) is 8.24. The fourth-order valence-corrected chi connectivity index (χ4v) is 2.33. The molecule has 0 aliphatic rings. The molecule has 0 saturated heterocycles. The lowest BCUT2D eigenvalue weighted by atomic mass is 10.1. The normalized spacial score (nSPS) is 11.2. The third kappa shape index (κ3) is 2.79. The number of hydrogen-bond donors (Lipinski definition) is 2. The van der Waals surface area contributed by atoms with E-state index in [9.17, 15) is 0 Å². The molecule has 0 radical (unpaired) electrons. The van der Waals surface area contributed by atoms with Gasteiger partial charge in [0.15, 0.2) is 0 Å². The number of pyridine rings is 1. The van der Waals surface area contributed by atoms with Gasteiger partial charge in [0.25, 0.3) is 0 Å². The van der Waals surface area contributed by atoms with Gasteiger partial charge in [0.2, 0.25) is 0 Å². The van der Waals surface area contributed by atoms with Crippen LogP contribution >= 0.6 is 0 Å². The maximum Gasteiger partial charge on any atom is 0.0951 e. The third-order valence-corrected chi connectivity index (χ3v) is 3.27. The number of aliphatic hydroxyl groups excluding tert-OH is 1. The Hall–Kier alpha value is -1.81. The maximum atomic E-state index is 9.04. The Morgan fingerprint density at radius 3 is 2.79 bits per heavy atom. The minimum Gasteiger partial charge on any atom is -0.397 e. The van der Waals surface area contributed by atoms with Crippen LogP contribution in [0.2, 0.25) is 0 Å². The van der Waals surface area contributed by atoms with E-state index in [1.54, 1.807) is 6.20 Å². The Labute approximate surface area is 113 Å². The Kier molecular flexibility index (Phi) is 4.22. The second kappa shape index (κ2) is 5.89. The van der Waals surface area contributed by atoms with Crippen molar-refractivity contribution in [2.45, 2.75) is 26.3 Å². The van der Waals surface area contributed by atoms with Crippen molar-refractivity contribution < 1.29 is 5.11 Å². The van der Waals surface area contributed by atoms with Crippen molar-refractivity contribution in [2.24, 2.45) is 0 Å². The first-order chi connectivity index (χ1) is 9.15. The molecule has 1 heterocycles. The van der Waals surface area contributed by atoms with Gasteiger partial charge in [-0.15, -0.1) is 0 Å². The van der Waals surface area contributed by atoms with E-state index in [4.69, 9.17) is 10.8 Å². The van der Waals surface area contributed by atoms with Crippen LogP contribution in [0.4, 0.5) is 11.4 Å². The van der Waals surface area contributed by atoms with Gasteiger partial charge in [0.05, 0.1) is 11.2 Å². The van der Waals surface area contributed by atoms with Crippen molar-refractivity contribution in [3.63, 3.8) is 0 Å². The van der Waals surface area contributed by atoms with Crippen LogP contribution in [-0.4, -0.2) is 29.3 Å². The molecule has 0 fully saturated rings. The van der Waals surface area contributed by atoms with Crippen molar-refractivity contribution in [1.29, 1.82) is 0 Å². The van der Waals surface area contributed by atoms with Crippen LogP contribution in [0.5, 0.6) is 0 Å². The topological polar surface area (TPSA) is 62.4 Å². The second-order valence-corrected chi connectivity index (χ2v) is 4.94. The van der Waals surface area contributed by atoms with Gasteiger partial charge in [-0.3, -0.25) is 4.98 Å². The molecule has 2 rings (SSSR count). The summed E-state index contributed by atoms with van der Waals surface area (Å²) in [6.45, 7) is 5.32. The molecule has 0 spiro atoms. The Morgan fingerprint density at radius 2 is 2.11 bits per heavy atom. The Balaban J connectivity index is 2.50. The average Bonchev–Trinajstić information content (AvgIpc) is 2.40. The van der Waals surface area contributed by atoms with Gasteiger partial charge >= 0.3 is 0 Å². The molecule has 102 valence electrons. The summed E-state index contributed by atoms with van der Waals surface area (Å²) >= 11 is 0. The summed E-state index contributed by atoms with van der Waals surface area (Å²) in [4.78, 5) is 6.64. The van der Waals surface area contributed by atoms with E-state index in [2.05, 4.69) is 23.7 Å². The molecule has 1 aromatic heterocycles. The molecule has 0 atom stereocenters. The van der Waals surface area contributed by atoms with Crippen molar-refractivity contribution in [3.8, 4) is 0 Å². The zero-order chi connectivity index (χ0) is 13.8. The zero-order valence-electron chi connectivity index (χ0n) is 11.5. The molecule has 0 bridgehead atoms. The number of nitrogen functional groups attached to an aromatic ring is 1. The highest BCUT2D eigenvalue weighted by molar-refractivity contribution is 5.98. The fraction of sp³-hybridized carbons (Fsp3) is 0.400. The maximum absolute atomic E-state index is 9.04. The molecule has 19 heavy (non-hydrogen) atoms. The van der Waals surface area contributed by atoms with E-state index in [1.807, 2.05) is 24.3 Å². The summed E-state index contributed by atoms with van der Waals surface area (Å²) in [5.74, 6) is 0. The standard InChI is InChI=1S/C15H21N3O/c1-11(2)18(9-4-10-19)14-7-8-17-15-12(14)5-3-6-13(15)16/h3,5-8,11,19H,4,9-10,16H2,1-2H3. The first-order valence-electron chi connectivity index (χ1n) is 6.66. The minimum atomic E-state index is 0.203. The van der Waals surface area contributed by atoms with Gasteiger partial charge < -0.3 is 15.7 Å². The van der Waals surface area contributed by atoms with E-state index in [-0.39, 0.29) is 6.61 Å². The molecular weight excluding hydrogens is 238 g/mol. The first kappa shape index (κ1) is 13.6. The number of fused-ring (bicyclic) bond motifs is 1. The molecule has 4 nitrogen and oxygen atoms in total. The Bertz CT molecular complexity index is 554. The summed E-state index contributed by atoms with van der Waals surface area (Å²) in [5.41, 5.74) is 8.65. The lowest BCUT2D eigenvalue weighted by Gasteiger charge is -2.30. The van der Waals surface area contributed by atoms with Gasteiger partial charge in [0.1, 0.15) is 0 Å². The van der Waals surface area contributed by atoms with Gasteiger partial charge in [-0.2, -0.15) is 0 Å². The van der Waals surface area contributed by atoms with Gasteiger partial charge in [-0.25, -0.2) is 0 Å². The highest BCUT2D eigenvalue weighted by Crippen LogP contribution is 2.29. The SMILES string of the molecule is CC(C)N(CCCO)c1ccnc2c(N)cccc12. The Morgan fingerprint density at radius 1 is 1.32 bits per heavy atom. The monoisotopic (exact) mass is 259 g/mol. The molecule has 4 heteroatoms. The highest BCUT2D eigenvalue weighted by Gasteiger charge is 2.14. The van der Waals surface area contributed by atoms with Crippen LogP contribution in [0.15, 0.2) is 30.5 Å². The lowest BCUT2D eigenvalue weighted by Crippen LogP contribution is -2.32. The summed E-state index contributed by atoms with van der Waals surface area (Å²) in [7, 11) is 0. The molecule has 0 aliphatic carbocycles. The number of nitrogens with zero attached hydrogens (tertiary/aromatic N) is 2. The van der Waals surface area contributed by atoms with Crippen molar-refractivity contribution in [1.82, 2.24) is 4.98 Å². The quantitative estimate of drug-likeness (QED) is 0.809. The van der Waals surface area contributed by atoms with Crippen LogP contribution < -0.4 is 10.6 Å². The number of rotatable bonds is 5. The van der Waals surface area contributed by atoms with E-state index in [1.165, 1.54) is 0 Å². The molecule has 0 aliphatic heterocycles. The van der Waals surface area contributed by atoms with Crippen LogP contribution in [0.25, 0.3) is 10.9 Å². The van der Waals surface area contributed by atoms with Crippen molar-refractivity contribution in [3.05, 3.63) is 30.5 Å². The summed E-state index contributed by atoms with van der Waals surface area (Å²) in [6.07, 6.45) is 2.55. The molecule has 2 aromatic rings. The van der Waals surface area contributed by atoms with Crippen LogP contribution in [-0.2, 0) is 0 Å². The smallest absolute Gasteiger partial charge is 0.0951 e. The predicted octanol–water partition coefficient (Wildman–Crippen LogP) is 2.41. The van der Waals surface area contributed by atoms with Gasteiger partial charge in [0, 0.05) is 36.5 Å². The van der Waals surface area contributed by atoms with Gasteiger partial charge in [-0.1, -0.05) is 12.1 Å². The number of anilines is 2. The second-order valence-electron chi connectivity index (χ2n) is 4.94. The first-order valence-corrected chi connectivity index (χ1v) is 6.66. The molecule has 0 unspecified atom stereocenters. The zero-order valence-corrected chi connectivity index (χ0v) is 11.5. The summed E-state index contributed by atoms with van der Waals surface area (Å²) < 4.78 is 0. The van der Waals surface area contributed by atoms with Crippen LogP contribution in [0.1, 0.15) is 20.3 Å². The van der Waals surface area contributed by atoms with E-state index >= 15 is 0 Å². The number of hydrogen-bond acceptors (Lipinski definition) is 4. The number of aromatic nitrogens is 1. The highest BCUT2D eigenvalue weighted by atomic mass is 16.3. The molecule has 0 amide bonds. The molecule has 1 aromatic carbocycles. The molecule has 3 N–H and O–H groups in total. The van der Waals surface area contributed by atoms with E-state index in [0.717, 1.165) is 29.6 Å². The lowest BCUT2D eigenvalue weighted by molar-refractivity contribution is 0.288.